The zero-order valence-corrected chi connectivity index (χ0v) is 6.65. The van der Waals surface area contributed by atoms with Gasteiger partial charge in [0.2, 0.25) is 0 Å². The van der Waals surface area contributed by atoms with Crippen molar-refractivity contribution in [2.75, 3.05) is 12.4 Å². The van der Waals surface area contributed by atoms with E-state index in [1.54, 1.807) is 7.11 Å². The van der Waals surface area contributed by atoms with Gasteiger partial charge in [0.05, 0.1) is 6.10 Å². The van der Waals surface area contributed by atoms with Gasteiger partial charge in [0.25, 0.3) is 0 Å². The predicted molar refractivity (Wildman–Crippen MR) is 37.3 cm³/mol. The van der Waals surface area contributed by atoms with Crippen molar-refractivity contribution in [3.05, 3.63) is 0 Å². The van der Waals surface area contributed by atoms with Gasteiger partial charge in [-0.15, -0.1) is 0 Å². The van der Waals surface area contributed by atoms with E-state index >= 15 is 0 Å². The van der Waals surface area contributed by atoms with Crippen molar-refractivity contribution >= 4 is 15.9 Å². The Balaban J connectivity index is 2.16. The third-order valence-electron chi connectivity index (χ3n) is 1.85. The molecule has 1 rings (SSSR count). The number of halogens is 1. The molecule has 1 saturated carbocycles. The Kier molecular flexibility index (Phi) is 2.32. The molecular formula is C6H11BrO. The number of ether oxygens (including phenoxy) is 1. The van der Waals surface area contributed by atoms with Crippen molar-refractivity contribution in [1.29, 1.82) is 0 Å². The van der Waals surface area contributed by atoms with Crippen LogP contribution < -0.4 is 0 Å². The van der Waals surface area contributed by atoms with Crippen LogP contribution >= 0.6 is 15.9 Å². The molecule has 1 nitrogen and oxygen atoms in total. The first-order chi connectivity index (χ1) is 3.88. The third-order valence-corrected chi connectivity index (χ3v) is 2.68. The van der Waals surface area contributed by atoms with E-state index in [0.29, 0.717) is 6.10 Å². The highest BCUT2D eigenvalue weighted by molar-refractivity contribution is 9.09. The monoisotopic (exact) mass is 178 g/mol. The van der Waals surface area contributed by atoms with Crippen LogP contribution in [-0.2, 0) is 4.74 Å². The fourth-order valence-electron chi connectivity index (χ4n) is 1.03. The highest BCUT2D eigenvalue weighted by Crippen LogP contribution is 2.30. The van der Waals surface area contributed by atoms with E-state index in [0.717, 1.165) is 11.2 Å². The molecule has 1 aliphatic rings. The maximum absolute atomic E-state index is 5.16. The third kappa shape index (κ3) is 1.06. The van der Waals surface area contributed by atoms with E-state index in [1.165, 1.54) is 12.8 Å². The van der Waals surface area contributed by atoms with Crippen LogP contribution in [0.2, 0.25) is 0 Å². The standard InChI is InChI=1S/C6H11BrO/c1-8-6-3-2-5(6)4-7/h5-6H,2-4H2,1H3/t5-,6+/m0/s1. The molecule has 1 aliphatic carbocycles. The van der Waals surface area contributed by atoms with Gasteiger partial charge in [0.1, 0.15) is 0 Å². The maximum atomic E-state index is 5.16. The lowest BCUT2D eigenvalue weighted by atomic mass is 9.84. The molecule has 0 saturated heterocycles. The van der Waals surface area contributed by atoms with Crippen molar-refractivity contribution in [1.82, 2.24) is 0 Å². The van der Waals surface area contributed by atoms with Crippen LogP contribution in [0.1, 0.15) is 12.8 Å². The van der Waals surface area contributed by atoms with Crippen molar-refractivity contribution in [3.63, 3.8) is 0 Å². The molecule has 0 aliphatic heterocycles. The van der Waals surface area contributed by atoms with Gasteiger partial charge in [-0.05, 0) is 18.8 Å². The summed E-state index contributed by atoms with van der Waals surface area (Å²) in [6.07, 6.45) is 3.14. The largest absolute Gasteiger partial charge is 0.381 e. The fraction of sp³-hybridized carbons (Fsp3) is 1.00. The second-order valence-corrected chi connectivity index (χ2v) is 2.91. The van der Waals surface area contributed by atoms with E-state index in [9.17, 15) is 0 Å². The molecule has 0 amide bonds. The van der Waals surface area contributed by atoms with E-state index in [2.05, 4.69) is 15.9 Å². The van der Waals surface area contributed by atoms with Crippen molar-refractivity contribution in [2.24, 2.45) is 5.92 Å². The second kappa shape index (κ2) is 2.83. The van der Waals surface area contributed by atoms with Gasteiger partial charge in [0.15, 0.2) is 0 Å². The summed E-state index contributed by atoms with van der Waals surface area (Å²) in [5.74, 6) is 0.792. The van der Waals surface area contributed by atoms with E-state index in [4.69, 9.17) is 4.74 Å². The molecule has 8 heavy (non-hydrogen) atoms. The van der Waals surface area contributed by atoms with Gasteiger partial charge in [-0.1, -0.05) is 15.9 Å². The average molecular weight is 179 g/mol. The first kappa shape index (κ1) is 6.56. The molecule has 0 spiro atoms. The minimum absolute atomic E-state index is 0.550. The lowest BCUT2D eigenvalue weighted by molar-refractivity contribution is -0.00494. The number of hydrogen-bond donors (Lipinski definition) is 0. The summed E-state index contributed by atoms with van der Waals surface area (Å²) in [6, 6.07) is 0. The number of methoxy groups -OCH3 is 1. The summed E-state index contributed by atoms with van der Waals surface area (Å²) in [6.45, 7) is 0. The Labute approximate surface area is 58.5 Å². The van der Waals surface area contributed by atoms with Crippen LogP contribution in [0.5, 0.6) is 0 Å². The summed E-state index contributed by atoms with van der Waals surface area (Å²) >= 11 is 3.43. The fourth-order valence-corrected chi connectivity index (χ4v) is 1.77. The van der Waals surface area contributed by atoms with Crippen LogP contribution in [-0.4, -0.2) is 18.5 Å². The summed E-state index contributed by atoms with van der Waals surface area (Å²) in [5.41, 5.74) is 0. The molecule has 0 aromatic heterocycles. The Morgan fingerprint density at radius 3 is 2.50 bits per heavy atom. The summed E-state index contributed by atoms with van der Waals surface area (Å²) in [4.78, 5) is 0. The predicted octanol–water partition coefficient (Wildman–Crippen LogP) is 1.81. The van der Waals surface area contributed by atoms with E-state index in [1.807, 2.05) is 0 Å². The van der Waals surface area contributed by atoms with Crippen molar-refractivity contribution in [3.8, 4) is 0 Å². The second-order valence-electron chi connectivity index (χ2n) is 2.27. The number of alkyl halides is 1. The highest BCUT2D eigenvalue weighted by atomic mass is 79.9. The zero-order chi connectivity index (χ0) is 5.98. The molecule has 2 heteroatoms. The van der Waals surface area contributed by atoms with E-state index < -0.39 is 0 Å². The van der Waals surface area contributed by atoms with Gasteiger partial charge in [-0.2, -0.15) is 0 Å². The lowest BCUT2D eigenvalue weighted by Gasteiger charge is -2.33. The SMILES string of the molecule is CO[C@@H]1CC[C@H]1CBr. The molecule has 48 valence electrons. The molecule has 0 unspecified atom stereocenters. The van der Waals surface area contributed by atoms with E-state index in [-0.39, 0.29) is 0 Å². The summed E-state index contributed by atoms with van der Waals surface area (Å²) in [5, 5.41) is 1.10. The van der Waals surface area contributed by atoms with Crippen LogP contribution in [0.15, 0.2) is 0 Å². The van der Waals surface area contributed by atoms with Gasteiger partial charge in [-0.25, -0.2) is 0 Å². The molecule has 0 aromatic rings. The lowest BCUT2D eigenvalue weighted by Crippen LogP contribution is -2.33. The smallest absolute Gasteiger partial charge is 0.0607 e. The molecule has 0 heterocycles. The summed E-state index contributed by atoms with van der Waals surface area (Å²) < 4.78 is 5.16. The average Bonchev–Trinajstić information content (AvgIpc) is 1.66. The van der Waals surface area contributed by atoms with Gasteiger partial charge < -0.3 is 4.74 Å². The minimum Gasteiger partial charge on any atom is -0.381 e. The zero-order valence-electron chi connectivity index (χ0n) is 5.06. The van der Waals surface area contributed by atoms with Crippen molar-refractivity contribution in [2.45, 2.75) is 18.9 Å². The molecular weight excluding hydrogens is 168 g/mol. The van der Waals surface area contributed by atoms with Crippen LogP contribution in [0.4, 0.5) is 0 Å². The molecule has 0 radical (unpaired) electrons. The Morgan fingerprint density at radius 1 is 1.62 bits per heavy atom. The molecule has 0 bridgehead atoms. The maximum Gasteiger partial charge on any atom is 0.0607 e. The molecule has 0 N–H and O–H groups in total. The Bertz CT molecular complexity index is 60.9. The van der Waals surface area contributed by atoms with Crippen LogP contribution in [0.25, 0.3) is 0 Å². The minimum atomic E-state index is 0.550. The Hall–Kier alpha value is 0.440. The summed E-state index contributed by atoms with van der Waals surface area (Å²) in [7, 11) is 1.79. The number of hydrogen-bond acceptors (Lipinski definition) is 1. The first-order valence-corrected chi connectivity index (χ1v) is 4.09. The molecule has 0 aromatic carbocycles. The Morgan fingerprint density at radius 2 is 2.38 bits per heavy atom. The van der Waals surface area contributed by atoms with Gasteiger partial charge in [-0.3, -0.25) is 0 Å². The normalized spacial score (nSPS) is 36.8. The van der Waals surface area contributed by atoms with Gasteiger partial charge >= 0.3 is 0 Å². The van der Waals surface area contributed by atoms with Crippen LogP contribution in [0, 0.1) is 5.92 Å². The molecule has 1 fully saturated rings. The molecule has 2 atom stereocenters. The quantitative estimate of drug-likeness (QED) is 0.587. The van der Waals surface area contributed by atoms with Crippen molar-refractivity contribution < 1.29 is 4.74 Å². The topological polar surface area (TPSA) is 9.23 Å². The van der Waals surface area contributed by atoms with Gasteiger partial charge in [0, 0.05) is 12.4 Å². The first-order valence-electron chi connectivity index (χ1n) is 2.97. The number of rotatable bonds is 2. The highest BCUT2D eigenvalue weighted by Gasteiger charge is 2.29. The van der Waals surface area contributed by atoms with Crippen LogP contribution in [0.3, 0.4) is 0 Å².